The smallest absolute Gasteiger partial charge is 0.202 e. The van der Waals surface area contributed by atoms with Crippen LogP contribution in [-0.2, 0) is 0 Å². The lowest BCUT2D eigenvalue weighted by Crippen LogP contribution is -2.23. The molecule has 0 heterocycles. The largest absolute Gasteiger partial charge is 0.483 e. The highest BCUT2D eigenvalue weighted by molar-refractivity contribution is 9.10. The van der Waals surface area contributed by atoms with E-state index in [1.165, 1.54) is 0 Å². The minimum absolute atomic E-state index is 0.103. The number of aldehydes is 1. The van der Waals surface area contributed by atoms with E-state index in [0.29, 0.717) is 16.9 Å². The van der Waals surface area contributed by atoms with Crippen molar-refractivity contribution >= 4 is 28.0 Å². The molecule has 0 aliphatic heterocycles. The van der Waals surface area contributed by atoms with Gasteiger partial charge >= 0.3 is 0 Å². The number of carbonyl (C=O) groups is 2. The lowest BCUT2D eigenvalue weighted by Gasteiger charge is -2.14. The first-order valence-corrected chi connectivity index (χ1v) is 6.91. The van der Waals surface area contributed by atoms with E-state index in [1.54, 1.807) is 43.3 Å². The summed E-state index contributed by atoms with van der Waals surface area (Å²) in [6.45, 7) is 1.69. The van der Waals surface area contributed by atoms with Gasteiger partial charge in [0, 0.05) is 15.6 Å². The van der Waals surface area contributed by atoms with E-state index in [-0.39, 0.29) is 5.78 Å². The summed E-state index contributed by atoms with van der Waals surface area (Å²) < 4.78 is 6.50. The first-order chi connectivity index (χ1) is 9.60. The number of carbonyl (C=O) groups excluding carboxylic acids is 2. The minimum atomic E-state index is -0.613. The molecular formula is C16H13BrO3. The van der Waals surface area contributed by atoms with Crippen LogP contribution in [0.2, 0.25) is 0 Å². The maximum absolute atomic E-state index is 12.2. The van der Waals surface area contributed by atoms with Gasteiger partial charge in [0.2, 0.25) is 5.78 Å². The van der Waals surface area contributed by atoms with Gasteiger partial charge in [-0.2, -0.15) is 0 Å². The molecule has 2 aromatic carbocycles. The van der Waals surface area contributed by atoms with Crippen LogP contribution in [0, 0.1) is 0 Å². The number of halogens is 1. The summed E-state index contributed by atoms with van der Waals surface area (Å²) in [5, 5.41) is 0. The summed E-state index contributed by atoms with van der Waals surface area (Å²) in [6, 6.07) is 13.8. The molecule has 2 rings (SSSR count). The second-order valence-corrected chi connectivity index (χ2v) is 5.24. The number of benzene rings is 2. The lowest BCUT2D eigenvalue weighted by atomic mass is 10.1. The van der Waals surface area contributed by atoms with E-state index in [4.69, 9.17) is 4.74 Å². The van der Waals surface area contributed by atoms with E-state index in [9.17, 15) is 9.59 Å². The Hall–Kier alpha value is -1.94. The molecule has 0 aliphatic rings. The van der Waals surface area contributed by atoms with Crippen LogP contribution in [-0.4, -0.2) is 18.2 Å². The first-order valence-electron chi connectivity index (χ1n) is 6.12. The molecule has 0 radical (unpaired) electrons. The second kappa shape index (κ2) is 6.48. The van der Waals surface area contributed by atoms with E-state index in [0.717, 1.165) is 10.8 Å². The van der Waals surface area contributed by atoms with Crippen molar-refractivity contribution in [3.05, 3.63) is 64.1 Å². The third-order valence-corrected chi connectivity index (χ3v) is 3.33. The molecule has 0 aliphatic carbocycles. The predicted octanol–water partition coefficient (Wildman–Crippen LogP) is 3.91. The van der Waals surface area contributed by atoms with E-state index < -0.39 is 6.10 Å². The van der Waals surface area contributed by atoms with Crippen molar-refractivity contribution in [2.24, 2.45) is 0 Å². The molecule has 3 nitrogen and oxygen atoms in total. The average molecular weight is 333 g/mol. The standard InChI is InChI=1S/C16H13BrO3/c1-11(16(19)13-5-7-14(17)8-6-13)20-15-4-2-3-12(9-15)10-18/h2-11H,1H3. The number of ether oxygens (including phenoxy) is 1. The van der Waals surface area contributed by atoms with E-state index in [1.807, 2.05) is 12.1 Å². The quantitative estimate of drug-likeness (QED) is 0.615. The van der Waals surface area contributed by atoms with Crippen molar-refractivity contribution in [1.82, 2.24) is 0 Å². The minimum Gasteiger partial charge on any atom is -0.483 e. The number of ketones is 1. The van der Waals surface area contributed by atoms with Crippen LogP contribution in [0.1, 0.15) is 27.6 Å². The summed E-state index contributed by atoms with van der Waals surface area (Å²) in [5.74, 6) is 0.404. The van der Waals surface area contributed by atoms with Gasteiger partial charge < -0.3 is 4.74 Å². The summed E-state index contributed by atoms with van der Waals surface area (Å²) in [7, 11) is 0. The Kier molecular flexibility index (Phi) is 4.69. The van der Waals surface area contributed by atoms with Gasteiger partial charge in [-0.15, -0.1) is 0 Å². The zero-order valence-corrected chi connectivity index (χ0v) is 12.5. The Morgan fingerprint density at radius 3 is 2.55 bits per heavy atom. The number of hydrogen-bond acceptors (Lipinski definition) is 3. The van der Waals surface area contributed by atoms with E-state index in [2.05, 4.69) is 15.9 Å². The summed E-state index contributed by atoms with van der Waals surface area (Å²) >= 11 is 3.33. The summed E-state index contributed by atoms with van der Waals surface area (Å²) in [6.07, 6.45) is 0.131. The second-order valence-electron chi connectivity index (χ2n) is 4.32. The van der Waals surface area contributed by atoms with Gasteiger partial charge in [-0.3, -0.25) is 9.59 Å². The fraction of sp³-hybridized carbons (Fsp3) is 0.125. The van der Waals surface area contributed by atoms with Gasteiger partial charge in [0.25, 0.3) is 0 Å². The SMILES string of the molecule is CC(Oc1cccc(C=O)c1)C(=O)c1ccc(Br)cc1. The van der Waals surface area contributed by atoms with Crippen LogP contribution in [0.15, 0.2) is 53.0 Å². The van der Waals surface area contributed by atoms with Crippen molar-refractivity contribution in [3.8, 4) is 5.75 Å². The maximum atomic E-state index is 12.2. The van der Waals surface area contributed by atoms with Crippen molar-refractivity contribution < 1.29 is 14.3 Å². The van der Waals surface area contributed by atoms with Crippen molar-refractivity contribution in [2.45, 2.75) is 13.0 Å². The molecule has 0 amide bonds. The van der Waals surface area contributed by atoms with Gasteiger partial charge in [0.1, 0.15) is 12.0 Å². The molecule has 0 saturated heterocycles. The molecule has 0 fully saturated rings. The van der Waals surface area contributed by atoms with Gasteiger partial charge in [-0.25, -0.2) is 0 Å². The van der Waals surface area contributed by atoms with Crippen LogP contribution < -0.4 is 4.74 Å². The average Bonchev–Trinajstić information content (AvgIpc) is 2.47. The molecule has 1 atom stereocenters. The van der Waals surface area contributed by atoms with Gasteiger partial charge in [-0.1, -0.05) is 40.2 Å². The van der Waals surface area contributed by atoms with Gasteiger partial charge in [0.15, 0.2) is 6.10 Å². The molecule has 0 saturated carbocycles. The molecule has 20 heavy (non-hydrogen) atoms. The third kappa shape index (κ3) is 3.54. The molecule has 4 heteroatoms. The van der Waals surface area contributed by atoms with E-state index >= 15 is 0 Å². The molecule has 2 aromatic rings. The fourth-order valence-electron chi connectivity index (χ4n) is 1.77. The van der Waals surface area contributed by atoms with Crippen LogP contribution in [0.3, 0.4) is 0 Å². The topological polar surface area (TPSA) is 43.4 Å². The maximum Gasteiger partial charge on any atom is 0.202 e. The first kappa shape index (κ1) is 14.5. The Bertz CT molecular complexity index is 620. The third-order valence-electron chi connectivity index (χ3n) is 2.81. The highest BCUT2D eigenvalue weighted by atomic mass is 79.9. The Balaban J connectivity index is 2.10. The zero-order chi connectivity index (χ0) is 14.5. The van der Waals surface area contributed by atoms with Crippen LogP contribution in [0.25, 0.3) is 0 Å². The number of Topliss-reactive ketones (excluding diaryl/α,β-unsaturated/α-hetero) is 1. The Morgan fingerprint density at radius 1 is 1.20 bits per heavy atom. The van der Waals surface area contributed by atoms with Crippen molar-refractivity contribution in [3.63, 3.8) is 0 Å². The Morgan fingerprint density at radius 2 is 1.90 bits per heavy atom. The van der Waals surface area contributed by atoms with Gasteiger partial charge in [0.05, 0.1) is 0 Å². The van der Waals surface area contributed by atoms with Gasteiger partial charge in [-0.05, 0) is 31.2 Å². The number of rotatable bonds is 5. The fourth-order valence-corrected chi connectivity index (χ4v) is 2.03. The molecule has 0 bridgehead atoms. The number of hydrogen-bond donors (Lipinski definition) is 0. The lowest BCUT2D eigenvalue weighted by molar-refractivity contribution is 0.0818. The Labute approximate surface area is 125 Å². The highest BCUT2D eigenvalue weighted by Gasteiger charge is 2.16. The normalized spacial score (nSPS) is 11.7. The summed E-state index contributed by atoms with van der Waals surface area (Å²) in [4.78, 5) is 22.9. The predicted molar refractivity (Wildman–Crippen MR) is 80.4 cm³/mol. The monoisotopic (exact) mass is 332 g/mol. The molecule has 0 N–H and O–H groups in total. The van der Waals surface area contributed by atoms with Crippen molar-refractivity contribution in [1.29, 1.82) is 0 Å². The van der Waals surface area contributed by atoms with Crippen LogP contribution in [0.5, 0.6) is 5.75 Å². The highest BCUT2D eigenvalue weighted by Crippen LogP contribution is 2.17. The molecule has 0 aromatic heterocycles. The molecule has 102 valence electrons. The molecule has 0 spiro atoms. The van der Waals surface area contributed by atoms with Crippen LogP contribution >= 0.6 is 15.9 Å². The van der Waals surface area contributed by atoms with Crippen molar-refractivity contribution in [2.75, 3.05) is 0 Å². The molecular weight excluding hydrogens is 320 g/mol. The zero-order valence-electron chi connectivity index (χ0n) is 10.9. The van der Waals surface area contributed by atoms with Crippen LogP contribution in [0.4, 0.5) is 0 Å². The summed E-state index contributed by atoms with van der Waals surface area (Å²) in [5.41, 5.74) is 1.11. The molecule has 1 unspecified atom stereocenters.